The summed E-state index contributed by atoms with van der Waals surface area (Å²) >= 11 is 14.5. The van der Waals surface area contributed by atoms with Crippen LogP contribution < -0.4 is 11.1 Å². The molecule has 0 atom stereocenters. The van der Waals surface area contributed by atoms with Crippen LogP contribution in [-0.4, -0.2) is 16.4 Å². The van der Waals surface area contributed by atoms with E-state index in [1.165, 1.54) is 0 Å². The van der Waals surface area contributed by atoms with Crippen molar-refractivity contribution in [1.29, 1.82) is 0 Å². The van der Waals surface area contributed by atoms with Crippen LogP contribution in [0, 0.1) is 0 Å². The van der Waals surface area contributed by atoms with E-state index in [0.29, 0.717) is 15.6 Å². The summed E-state index contributed by atoms with van der Waals surface area (Å²) in [5, 5.41) is 3.52. The van der Waals surface area contributed by atoms with Gasteiger partial charge in [0.15, 0.2) is 0 Å². The number of nitrogens with two attached hydrogens (primary N) is 1. The number of halogens is 2. The zero-order valence-corrected chi connectivity index (χ0v) is 14.1. The van der Waals surface area contributed by atoms with Gasteiger partial charge in [-0.05, 0) is 47.0 Å². The third-order valence-electron chi connectivity index (χ3n) is 3.71. The second kappa shape index (κ2) is 6.41. The Morgan fingerprint density at radius 3 is 2.55 bits per heavy atom. The maximum atomic E-state index is 12.4. The molecule has 2 rings (SSSR count). The Bertz CT molecular complexity index is 544. The average Bonchev–Trinajstić information content (AvgIpc) is 2.42. The monoisotopic (exact) mass is 374 g/mol. The van der Waals surface area contributed by atoms with Crippen molar-refractivity contribution in [3.05, 3.63) is 33.3 Å². The van der Waals surface area contributed by atoms with Crippen LogP contribution in [0.1, 0.15) is 42.5 Å². The minimum absolute atomic E-state index is 0.186. The molecule has 1 saturated carbocycles. The molecule has 0 unspecified atom stereocenters. The van der Waals surface area contributed by atoms with Crippen molar-refractivity contribution in [3.63, 3.8) is 0 Å². The van der Waals surface area contributed by atoms with Crippen LogP contribution in [0.2, 0.25) is 5.02 Å². The molecule has 6 heteroatoms. The molecule has 1 fully saturated rings. The van der Waals surface area contributed by atoms with E-state index in [1.54, 1.807) is 18.2 Å². The zero-order chi connectivity index (χ0) is 14.8. The summed E-state index contributed by atoms with van der Waals surface area (Å²) in [4.78, 5) is 12.8. The van der Waals surface area contributed by atoms with Crippen LogP contribution in [0.4, 0.5) is 0 Å². The third kappa shape index (κ3) is 3.32. The SMILES string of the molecule is NC(=S)C1(NC(=O)c2ccc(Br)c(Cl)c2)CCCCC1. The molecule has 1 amide bonds. The van der Waals surface area contributed by atoms with Crippen molar-refractivity contribution in [1.82, 2.24) is 5.32 Å². The molecule has 0 spiro atoms. The van der Waals surface area contributed by atoms with Crippen molar-refractivity contribution in [2.24, 2.45) is 5.73 Å². The number of nitrogens with one attached hydrogen (secondary N) is 1. The highest BCUT2D eigenvalue weighted by atomic mass is 79.9. The molecule has 1 aliphatic carbocycles. The van der Waals surface area contributed by atoms with E-state index in [9.17, 15) is 4.79 Å². The van der Waals surface area contributed by atoms with Gasteiger partial charge >= 0.3 is 0 Å². The summed E-state index contributed by atoms with van der Waals surface area (Å²) in [7, 11) is 0. The molecule has 3 nitrogen and oxygen atoms in total. The lowest BCUT2D eigenvalue weighted by molar-refractivity contribution is 0.0908. The minimum Gasteiger partial charge on any atom is -0.391 e. The average molecular weight is 376 g/mol. The van der Waals surface area contributed by atoms with Crippen LogP contribution in [0.15, 0.2) is 22.7 Å². The number of amides is 1. The van der Waals surface area contributed by atoms with Gasteiger partial charge in [0.25, 0.3) is 5.91 Å². The van der Waals surface area contributed by atoms with E-state index in [1.807, 2.05) is 0 Å². The normalized spacial score (nSPS) is 17.5. The van der Waals surface area contributed by atoms with E-state index in [0.717, 1.165) is 36.6 Å². The quantitative estimate of drug-likeness (QED) is 0.790. The molecule has 0 heterocycles. The Hall–Kier alpha value is -0.650. The van der Waals surface area contributed by atoms with Gasteiger partial charge in [-0.25, -0.2) is 0 Å². The summed E-state index contributed by atoms with van der Waals surface area (Å²) in [5.41, 5.74) is 5.83. The topological polar surface area (TPSA) is 55.1 Å². The summed E-state index contributed by atoms with van der Waals surface area (Å²) in [5.74, 6) is -0.186. The van der Waals surface area contributed by atoms with Crippen molar-refractivity contribution >= 4 is 50.6 Å². The lowest BCUT2D eigenvalue weighted by atomic mass is 9.81. The van der Waals surface area contributed by atoms with Gasteiger partial charge in [0.1, 0.15) is 0 Å². The van der Waals surface area contributed by atoms with Gasteiger partial charge in [0, 0.05) is 10.0 Å². The Balaban J connectivity index is 2.20. The molecule has 3 N–H and O–H groups in total. The first-order valence-electron chi connectivity index (χ1n) is 6.52. The minimum atomic E-state index is -0.551. The third-order valence-corrected chi connectivity index (χ3v) is 5.34. The fraction of sp³-hybridized carbons (Fsp3) is 0.429. The van der Waals surface area contributed by atoms with E-state index < -0.39 is 5.54 Å². The lowest BCUT2D eigenvalue weighted by Gasteiger charge is -2.37. The van der Waals surface area contributed by atoms with Gasteiger partial charge in [-0.2, -0.15) is 0 Å². The molecule has 0 aromatic heterocycles. The highest BCUT2D eigenvalue weighted by molar-refractivity contribution is 9.10. The molecule has 1 aromatic rings. The maximum Gasteiger partial charge on any atom is 0.252 e. The molecule has 0 aliphatic heterocycles. The highest BCUT2D eigenvalue weighted by Crippen LogP contribution is 2.29. The predicted octanol–water partition coefficient (Wildman–Crippen LogP) is 3.82. The summed E-state index contributed by atoms with van der Waals surface area (Å²) in [6.45, 7) is 0. The van der Waals surface area contributed by atoms with Gasteiger partial charge in [-0.15, -0.1) is 0 Å². The number of carbonyl (C=O) groups excluding carboxylic acids is 1. The first-order chi connectivity index (χ1) is 9.44. The van der Waals surface area contributed by atoms with Crippen molar-refractivity contribution in [3.8, 4) is 0 Å². The second-order valence-electron chi connectivity index (χ2n) is 5.09. The van der Waals surface area contributed by atoms with Gasteiger partial charge in [-0.3, -0.25) is 4.79 Å². The number of carbonyl (C=O) groups is 1. The van der Waals surface area contributed by atoms with Crippen LogP contribution in [0.5, 0.6) is 0 Å². The number of rotatable bonds is 3. The fourth-order valence-corrected chi connectivity index (χ4v) is 3.20. The molecule has 0 saturated heterocycles. The Morgan fingerprint density at radius 1 is 1.35 bits per heavy atom. The molecule has 0 radical (unpaired) electrons. The largest absolute Gasteiger partial charge is 0.391 e. The number of benzene rings is 1. The van der Waals surface area contributed by atoms with Crippen LogP contribution in [-0.2, 0) is 0 Å². The van der Waals surface area contributed by atoms with Crippen LogP contribution >= 0.6 is 39.7 Å². The lowest BCUT2D eigenvalue weighted by Crippen LogP contribution is -2.57. The summed E-state index contributed by atoms with van der Waals surface area (Å²) in [6, 6.07) is 5.12. The second-order valence-corrected chi connectivity index (χ2v) is 6.79. The van der Waals surface area contributed by atoms with Gasteiger partial charge in [-0.1, -0.05) is 43.1 Å². The van der Waals surface area contributed by atoms with E-state index in [-0.39, 0.29) is 5.91 Å². The van der Waals surface area contributed by atoms with Crippen LogP contribution in [0.25, 0.3) is 0 Å². The highest BCUT2D eigenvalue weighted by Gasteiger charge is 2.36. The van der Waals surface area contributed by atoms with Crippen LogP contribution in [0.3, 0.4) is 0 Å². The Labute approximate surface area is 137 Å². The molecule has 108 valence electrons. The maximum absolute atomic E-state index is 12.4. The van der Waals surface area contributed by atoms with Gasteiger partial charge < -0.3 is 11.1 Å². The van der Waals surface area contributed by atoms with E-state index in [4.69, 9.17) is 29.6 Å². The van der Waals surface area contributed by atoms with E-state index in [2.05, 4.69) is 21.2 Å². The fourth-order valence-electron chi connectivity index (χ4n) is 2.52. The molecule has 20 heavy (non-hydrogen) atoms. The number of hydrogen-bond acceptors (Lipinski definition) is 2. The molecular formula is C14H16BrClN2OS. The molecule has 1 aromatic carbocycles. The molecule has 1 aliphatic rings. The van der Waals surface area contributed by atoms with Gasteiger partial charge in [0.05, 0.1) is 15.6 Å². The zero-order valence-electron chi connectivity index (χ0n) is 10.9. The van der Waals surface area contributed by atoms with Gasteiger partial charge in [0.2, 0.25) is 0 Å². The smallest absolute Gasteiger partial charge is 0.252 e. The molecular weight excluding hydrogens is 360 g/mol. The Morgan fingerprint density at radius 2 is 2.00 bits per heavy atom. The van der Waals surface area contributed by atoms with Crippen molar-refractivity contribution < 1.29 is 4.79 Å². The first kappa shape index (κ1) is 15.7. The number of hydrogen-bond donors (Lipinski definition) is 2. The Kier molecular flexibility index (Phi) is 5.04. The summed E-state index contributed by atoms with van der Waals surface area (Å²) in [6.07, 6.45) is 4.82. The van der Waals surface area contributed by atoms with Crippen molar-refractivity contribution in [2.75, 3.05) is 0 Å². The summed E-state index contributed by atoms with van der Waals surface area (Å²) < 4.78 is 0.762. The molecule has 0 bridgehead atoms. The van der Waals surface area contributed by atoms with Crippen molar-refractivity contribution in [2.45, 2.75) is 37.6 Å². The number of thiocarbonyl (C=S) groups is 1. The predicted molar refractivity (Wildman–Crippen MR) is 89.2 cm³/mol. The standard InChI is InChI=1S/C14H16BrClN2OS/c15-10-5-4-9(8-11(10)16)12(19)18-14(13(17)20)6-2-1-3-7-14/h4-5,8H,1-3,6-7H2,(H2,17,20)(H,18,19). The van der Waals surface area contributed by atoms with E-state index >= 15 is 0 Å². The first-order valence-corrected chi connectivity index (χ1v) is 8.10.